The molecule has 0 unspecified atom stereocenters. The molecule has 0 radical (unpaired) electrons. The Kier molecular flexibility index (Phi) is 7.51. The van der Waals surface area contributed by atoms with Gasteiger partial charge in [-0.25, -0.2) is 0 Å². The van der Waals surface area contributed by atoms with Crippen LogP contribution in [0.4, 0.5) is 11.4 Å². The van der Waals surface area contributed by atoms with Crippen LogP contribution in [0.2, 0.25) is 10.0 Å². The molecule has 0 saturated carbocycles. The van der Waals surface area contributed by atoms with Gasteiger partial charge < -0.3 is 5.32 Å². The van der Waals surface area contributed by atoms with E-state index in [2.05, 4.69) is 5.32 Å². The molecule has 1 fully saturated rings. The largest absolute Gasteiger partial charge is 0.320 e. The number of nitrogens with zero attached hydrogens (tertiary/aromatic N) is 2. The third kappa shape index (κ3) is 5.23. The molecule has 0 spiro atoms. The Morgan fingerprint density at radius 1 is 1.03 bits per heavy atom. The number of carbonyl (C=O) groups excluding carboxylic acids is 2. The molecule has 1 heterocycles. The summed E-state index contributed by atoms with van der Waals surface area (Å²) < 4.78 is 0. The van der Waals surface area contributed by atoms with Gasteiger partial charge in [0.2, 0.25) is 5.91 Å². The molecule has 8 heteroatoms. The maximum Gasteiger partial charge on any atom is 0.269 e. The van der Waals surface area contributed by atoms with E-state index in [0.717, 1.165) is 16.7 Å². The summed E-state index contributed by atoms with van der Waals surface area (Å²) in [6.45, 7) is 3.93. The third-order valence-corrected chi connectivity index (χ3v) is 7.70. The average molecular weight is 522 g/mol. The summed E-state index contributed by atoms with van der Waals surface area (Å²) in [5, 5.41) is 13.3. The number of hydrogen-bond acceptors (Lipinski definition) is 4. The van der Waals surface area contributed by atoms with E-state index in [1.54, 1.807) is 30.3 Å². The first kappa shape index (κ1) is 24.9. The van der Waals surface area contributed by atoms with Gasteiger partial charge in [-0.3, -0.25) is 14.5 Å². The van der Waals surface area contributed by atoms with Gasteiger partial charge in [0, 0.05) is 10.7 Å². The zero-order valence-corrected chi connectivity index (χ0v) is 21.3. The van der Waals surface area contributed by atoms with Crippen molar-refractivity contribution < 1.29 is 9.59 Å². The Morgan fingerprint density at radius 2 is 1.71 bits per heavy atom. The Labute approximate surface area is 218 Å². The summed E-state index contributed by atoms with van der Waals surface area (Å²) in [4.78, 5) is 28.3. The maximum atomic E-state index is 13.6. The zero-order chi connectivity index (χ0) is 25.1. The Hall–Kier alpha value is -3.24. The van der Waals surface area contributed by atoms with Gasteiger partial charge in [-0.15, -0.1) is 0 Å². The molecule has 1 atom stereocenters. The van der Waals surface area contributed by atoms with Crippen LogP contribution in [0, 0.1) is 25.2 Å². The molecule has 1 aliphatic heterocycles. The number of para-hydroxylation sites is 1. The fourth-order valence-electron chi connectivity index (χ4n) is 3.70. The number of benzene rings is 3. The molecule has 3 aromatic rings. The highest BCUT2D eigenvalue weighted by molar-refractivity contribution is 8.05. The molecule has 0 aliphatic carbocycles. The number of rotatable bonds is 5. The number of halogens is 2. The topological polar surface area (TPSA) is 73.2 Å². The van der Waals surface area contributed by atoms with Gasteiger partial charge in [0.05, 0.1) is 16.0 Å². The molecule has 176 valence electrons. The van der Waals surface area contributed by atoms with Crippen LogP contribution >= 0.6 is 35.0 Å². The molecule has 2 amide bonds. The van der Waals surface area contributed by atoms with Crippen LogP contribution in [0.3, 0.4) is 0 Å². The molecule has 4 rings (SSSR count). The quantitative estimate of drug-likeness (QED) is 0.300. The highest BCUT2D eigenvalue weighted by Crippen LogP contribution is 2.43. The van der Waals surface area contributed by atoms with E-state index in [9.17, 15) is 14.9 Å². The maximum absolute atomic E-state index is 13.6. The van der Waals surface area contributed by atoms with Crippen molar-refractivity contribution in [2.45, 2.75) is 25.5 Å². The summed E-state index contributed by atoms with van der Waals surface area (Å²) >= 11 is 13.7. The summed E-state index contributed by atoms with van der Waals surface area (Å²) in [5.74, 6) is -0.852. The highest BCUT2D eigenvalue weighted by Gasteiger charge is 2.41. The molecule has 5 nitrogen and oxygen atoms in total. The second-order valence-electron chi connectivity index (χ2n) is 8.07. The van der Waals surface area contributed by atoms with Crippen molar-refractivity contribution >= 4 is 58.2 Å². The van der Waals surface area contributed by atoms with Crippen LogP contribution < -0.4 is 10.2 Å². The first-order chi connectivity index (χ1) is 16.8. The zero-order valence-electron chi connectivity index (χ0n) is 19.0. The van der Waals surface area contributed by atoms with Gasteiger partial charge in [-0.2, -0.15) is 5.26 Å². The van der Waals surface area contributed by atoms with Crippen molar-refractivity contribution in [3.8, 4) is 6.07 Å². The van der Waals surface area contributed by atoms with Crippen molar-refractivity contribution in [1.29, 1.82) is 5.26 Å². The summed E-state index contributed by atoms with van der Waals surface area (Å²) in [5.41, 5.74) is 3.70. The minimum absolute atomic E-state index is 0.164. The number of thioether (sulfide) groups is 1. The molecule has 1 saturated heterocycles. The van der Waals surface area contributed by atoms with Crippen LogP contribution in [0.15, 0.2) is 77.3 Å². The molecule has 1 aliphatic rings. The van der Waals surface area contributed by atoms with E-state index < -0.39 is 11.2 Å². The van der Waals surface area contributed by atoms with Crippen molar-refractivity contribution in [3.63, 3.8) is 0 Å². The van der Waals surface area contributed by atoms with Gasteiger partial charge in [-0.1, -0.05) is 71.4 Å². The first-order valence-electron chi connectivity index (χ1n) is 10.8. The van der Waals surface area contributed by atoms with Gasteiger partial charge in [0.25, 0.3) is 5.91 Å². The number of anilines is 2. The van der Waals surface area contributed by atoms with Crippen LogP contribution in [0.5, 0.6) is 0 Å². The van der Waals surface area contributed by atoms with Crippen molar-refractivity contribution in [1.82, 2.24) is 0 Å². The van der Waals surface area contributed by atoms with Gasteiger partial charge in [0.15, 0.2) is 0 Å². The molecular formula is C27H21Cl2N3O2S. The predicted molar refractivity (Wildman–Crippen MR) is 143 cm³/mol. The first-order valence-corrected chi connectivity index (χ1v) is 12.4. The SMILES string of the molecule is Cc1ccc(N2C(=O)[C@@H](Cc3ccccc3Cl)S/C2=C(/C#N)C(=O)Nc2ccccc2Cl)cc1C. The third-order valence-electron chi connectivity index (χ3n) is 5.74. The van der Waals surface area contributed by atoms with E-state index in [-0.39, 0.29) is 16.5 Å². The second kappa shape index (κ2) is 10.6. The molecular weight excluding hydrogens is 501 g/mol. The van der Waals surface area contributed by atoms with Gasteiger partial charge in [0.1, 0.15) is 16.7 Å². The Balaban J connectivity index is 1.77. The molecule has 35 heavy (non-hydrogen) atoms. The summed E-state index contributed by atoms with van der Waals surface area (Å²) in [7, 11) is 0. The van der Waals surface area contributed by atoms with E-state index in [1.165, 1.54) is 16.7 Å². The Bertz CT molecular complexity index is 1400. The summed E-state index contributed by atoms with van der Waals surface area (Å²) in [6.07, 6.45) is 0.360. The monoisotopic (exact) mass is 521 g/mol. The number of nitrogens with one attached hydrogen (secondary N) is 1. The lowest BCUT2D eigenvalue weighted by atomic mass is 10.1. The average Bonchev–Trinajstić information content (AvgIpc) is 3.14. The number of nitriles is 1. The number of carbonyl (C=O) groups is 2. The Morgan fingerprint density at radius 3 is 2.37 bits per heavy atom. The highest BCUT2D eigenvalue weighted by atomic mass is 35.5. The number of hydrogen-bond donors (Lipinski definition) is 1. The minimum Gasteiger partial charge on any atom is -0.320 e. The number of amides is 2. The predicted octanol–water partition coefficient (Wildman–Crippen LogP) is 6.68. The fraction of sp³-hybridized carbons (Fsp3) is 0.148. The van der Waals surface area contributed by atoms with E-state index in [1.807, 2.05) is 56.3 Å². The normalized spacial score (nSPS) is 16.7. The molecule has 1 N–H and O–H groups in total. The van der Waals surface area contributed by atoms with Gasteiger partial charge >= 0.3 is 0 Å². The van der Waals surface area contributed by atoms with Gasteiger partial charge in [-0.05, 0) is 67.3 Å². The van der Waals surface area contributed by atoms with E-state index >= 15 is 0 Å². The van der Waals surface area contributed by atoms with Crippen LogP contribution in [0.1, 0.15) is 16.7 Å². The van der Waals surface area contributed by atoms with Crippen LogP contribution in [-0.4, -0.2) is 17.1 Å². The van der Waals surface area contributed by atoms with Crippen molar-refractivity contribution in [3.05, 3.63) is 104 Å². The second-order valence-corrected chi connectivity index (χ2v) is 10.1. The van der Waals surface area contributed by atoms with Crippen molar-refractivity contribution in [2.24, 2.45) is 0 Å². The number of aryl methyl sites for hydroxylation is 2. The van der Waals surface area contributed by atoms with Crippen LogP contribution in [0.25, 0.3) is 0 Å². The van der Waals surface area contributed by atoms with Crippen LogP contribution in [-0.2, 0) is 16.0 Å². The van der Waals surface area contributed by atoms with E-state index in [4.69, 9.17) is 23.2 Å². The van der Waals surface area contributed by atoms with Crippen molar-refractivity contribution in [2.75, 3.05) is 10.2 Å². The van der Waals surface area contributed by atoms with E-state index in [0.29, 0.717) is 27.8 Å². The lowest BCUT2D eigenvalue weighted by Crippen LogP contribution is -2.31. The molecule has 0 bridgehead atoms. The standard InChI is InChI=1S/C27H21Cl2N3O2S/c1-16-11-12-19(13-17(16)2)32-26(34)24(14-18-7-3-4-8-21(18)28)35-27(32)20(15-30)25(33)31-23-10-6-5-9-22(23)29/h3-13,24H,14H2,1-2H3,(H,31,33)/b27-20-/t24-/m1/s1. The minimum atomic E-state index is -0.636. The molecule has 0 aromatic heterocycles. The fourth-order valence-corrected chi connectivity index (χ4v) is 5.39. The lowest BCUT2D eigenvalue weighted by molar-refractivity contribution is -0.117. The summed E-state index contributed by atoms with van der Waals surface area (Å²) in [6, 6.07) is 21.7. The lowest BCUT2D eigenvalue weighted by Gasteiger charge is -2.20. The smallest absolute Gasteiger partial charge is 0.269 e. The molecule has 3 aromatic carbocycles.